The summed E-state index contributed by atoms with van der Waals surface area (Å²) in [7, 11) is 1.25. The number of aromatic nitrogens is 2. The van der Waals surface area contributed by atoms with Crippen molar-refractivity contribution in [2.24, 2.45) is 0 Å². The number of esters is 1. The lowest BCUT2D eigenvalue weighted by atomic mass is 10.3. The standard InChI is InChI=1S/C11H9N3O4/c1-18-11(15)9-3-2-6-13(9)8-4-5-12-7-10(8)14(16)17/h2-7H,1H3. The molecule has 2 rings (SSSR count). The van der Waals surface area contributed by atoms with Crippen LogP contribution in [0.15, 0.2) is 36.8 Å². The van der Waals surface area contributed by atoms with E-state index in [0.29, 0.717) is 0 Å². The molecule has 7 nitrogen and oxygen atoms in total. The van der Waals surface area contributed by atoms with Crippen LogP contribution < -0.4 is 0 Å². The van der Waals surface area contributed by atoms with Crippen LogP contribution in [0, 0.1) is 10.1 Å². The molecule has 0 saturated carbocycles. The fraction of sp³-hybridized carbons (Fsp3) is 0.0909. The molecule has 2 aromatic rings. The molecule has 7 heteroatoms. The van der Waals surface area contributed by atoms with Crippen molar-refractivity contribution < 1.29 is 14.5 Å². The Morgan fingerprint density at radius 3 is 2.94 bits per heavy atom. The number of nitrogens with zero attached hydrogens (tertiary/aromatic N) is 3. The molecule has 2 aromatic heterocycles. The molecule has 2 heterocycles. The number of hydrogen-bond donors (Lipinski definition) is 0. The monoisotopic (exact) mass is 247 g/mol. The number of carbonyl (C=O) groups excluding carboxylic acids is 1. The van der Waals surface area contributed by atoms with Gasteiger partial charge in [0.25, 0.3) is 0 Å². The molecule has 0 aliphatic carbocycles. The second-order valence-electron chi connectivity index (χ2n) is 3.38. The molecule has 0 radical (unpaired) electrons. The van der Waals surface area contributed by atoms with Crippen LogP contribution in [0.2, 0.25) is 0 Å². The molecule has 0 N–H and O–H groups in total. The first-order valence-electron chi connectivity index (χ1n) is 4.99. The lowest BCUT2D eigenvalue weighted by molar-refractivity contribution is -0.384. The minimum atomic E-state index is -0.564. The Hall–Kier alpha value is -2.70. The van der Waals surface area contributed by atoms with Gasteiger partial charge in [-0.1, -0.05) is 0 Å². The molecule has 0 fully saturated rings. The maximum atomic E-state index is 11.5. The van der Waals surface area contributed by atoms with Crippen molar-refractivity contribution in [3.05, 3.63) is 52.6 Å². The predicted octanol–water partition coefficient (Wildman–Crippen LogP) is 1.57. The van der Waals surface area contributed by atoms with Crippen LogP contribution in [-0.2, 0) is 4.74 Å². The molecule has 18 heavy (non-hydrogen) atoms. The number of methoxy groups -OCH3 is 1. The Bertz CT molecular complexity index is 606. The number of rotatable bonds is 3. The molecule has 92 valence electrons. The van der Waals surface area contributed by atoms with Crippen LogP contribution in [-0.4, -0.2) is 27.6 Å². The molecule has 0 bridgehead atoms. The van der Waals surface area contributed by atoms with Gasteiger partial charge in [0.2, 0.25) is 0 Å². The minimum Gasteiger partial charge on any atom is -0.464 e. The Morgan fingerprint density at radius 1 is 1.50 bits per heavy atom. The van der Waals surface area contributed by atoms with Gasteiger partial charge < -0.3 is 9.30 Å². The highest BCUT2D eigenvalue weighted by Gasteiger charge is 2.19. The second-order valence-corrected chi connectivity index (χ2v) is 3.38. The molecule has 0 saturated heterocycles. The number of ether oxygens (including phenoxy) is 1. The maximum absolute atomic E-state index is 11.5. The molecule has 0 atom stereocenters. The van der Waals surface area contributed by atoms with E-state index in [9.17, 15) is 14.9 Å². The summed E-state index contributed by atoms with van der Waals surface area (Å²) in [5, 5.41) is 10.9. The van der Waals surface area contributed by atoms with E-state index in [2.05, 4.69) is 9.72 Å². The third-order valence-corrected chi connectivity index (χ3v) is 2.38. The normalized spacial score (nSPS) is 10.1. The summed E-state index contributed by atoms with van der Waals surface area (Å²) in [6.07, 6.45) is 4.11. The Labute approximate surface area is 102 Å². The van der Waals surface area contributed by atoms with Crippen LogP contribution in [0.1, 0.15) is 10.5 Å². The quantitative estimate of drug-likeness (QED) is 0.466. The lowest BCUT2D eigenvalue weighted by Crippen LogP contribution is -2.10. The van der Waals surface area contributed by atoms with E-state index in [1.165, 1.54) is 30.0 Å². The largest absolute Gasteiger partial charge is 0.464 e. The van der Waals surface area contributed by atoms with Crippen LogP contribution in [0.5, 0.6) is 0 Å². The van der Waals surface area contributed by atoms with Crippen molar-refractivity contribution in [2.75, 3.05) is 7.11 Å². The molecule has 0 aliphatic rings. The van der Waals surface area contributed by atoms with Gasteiger partial charge in [0.05, 0.1) is 12.0 Å². The summed E-state index contributed by atoms with van der Waals surface area (Å²) in [5.74, 6) is -0.564. The topological polar surface area (TPSA) is 87.3 Å². The zero-order valence-electron chi connectivity index (χ0n) is 9.44. The van der Waals surface area contributed by atoms with E-state index in [1.54, 1.807) is 12.3 Å². The highest BCUT2D eigenvalue weighted by Crippen LogP contribution is 2.23. The first kappa shape index (κ1) is 11.8. The summed E-state index contributed by atoms with van der Waals surface area (Å²) < 4.78 is 6.01. The molecular formula is C11H9N3O4. The summed E-state index contributed by atoms with van der Waals surface area (Å²) in [6.45, 7) is 0. The highest BCUT2D eigenvalue weighted by molar-refractivity contribution is 5.88. The smallest absolute Gasteiger partial charge is 0.355 e. The zero-order chi connectivity index (χ0) is 13.1. The van der Waals surface area contributed by atoms with Crippen molar-refractivity contribution >= 4 is 11.7 Å². The van der Waals surface area contributed by atoms with E-state index in [1.807, 2.05) is 0 Å². The maximum Gasteiger partial charge on any atom is 0.355 e. The van der Waals surface area contributed by atoms with E-state index >= 15 is 0 Å². The zero-order valence-corrected chi connectivity index (χ0v) is 9.44. The fourth-order valence-corrected chi connectivity index (χ4v) is 1.59. The number of carbonyl (C=O) groups is 1. The van der Waals surface area contributed by atoms with Crippen molar-refractivity contribution in [3.63, 3.8) is 0 Å². The van der Waals surface area contributed by atoms with Gasteiger partial charge >= 0.3 is 11.7 Å². The summed E-state index contributed by atoms with van der Waals surface area (Å²) >= 11 is 0. The lowest BCUT2D eigenvalue weighted by Gasteiger charge is -2.07. The SMILES string of the molecule is COC(=O)c1cccn1-c1ccncc1[N+](=O)[O-]. The van der Waals surface area contributed by atoms with Gasteiger partial charge in [0, 0.05) is 12.4 Å². The van der Waals surface area contributed by atoms with E-state index < -0.39 is 10.9 Å². The van der Waals surface area contributed by atoms with E-state index in [-0.39, 0.29) is 17.1 Å². The van der Waals surface area contributed by atoms with Gasteiger partial charge in [0.1, 0.15) is 17.6 Å². The van der Waals surface area contributed by atoms with Crippen LogP contribution in [0.4, 0.5) is 5.69 Å². The van der Waals surface area contributed by atoms with Gasteiger partial charge in [-0.3, -0.25) is 15.1 Å². The highest BCUT2D eigenvalue weighted by atomic mass is 16.6. The molecule has 0 aromatic carbocycles. The molecule has 0 unspecified atom stereocenters. The van der Waals surface area contributed by atoms with Gasteiger partial charge in [-0.25, -0.2) is 4.79 Å². The van der Waals surface area contributed by atoms with Gasteiger partial charge in [0.15, 0.2) is 0 Å². The number of hydrogen-bond acceptors (Lipinski definition) is 5. The molecular weight excluding hydrogens is 238 g/mol. The first-order chi connectivity index (χ1) is 8.65. The van der Waals surface area contributed by atoms with Gasteiger partial charge in [-0.15, -0.1) is 0 Å². The Morgan fingerprint density at radius 2 is 2.28 bits per heavy atom. The minimum absolute atomic E-state index is 0.182. The van der Waals surface area contributed by atoms with Crippen LogP contribution in [0.3, 0.4) is 0 Å². The van der Waals surface area contributed by atoms with Crippen molar-refractivity contribution in [2.45, 2.75) is 0 Å². The van der Waals surface area contributed by atoms with Gasteiger partial charge in [-0.05, 0) is 18.2 Å². The van der Waals surface area contributed by atoms with Crippen molar-refractivity contribution in [3.8, 4) is 5.69 Å². The first-order valence-corrected chi connectivity index (χ1v) is 4.99. The van der Waals surface area contributed by atoms with E-state index in [4.69, 9.17) is 0 Å². The summed E-state index contributed by atoms with van der Waals surface area (Å²) in [4.78, 5) is 25.6. The molecule has 0 spiro atoms. The van der Waals surface area contributed by atoms with Crippen molar-refractivity contribution in [1.29, 1.82) is 0 Å². The Balaban J connectivity index is 2.60. The third-order valence-electron chi connectivity index (χ3n) is 2.38. The third kappa shape index (κ3) is 1.93. The summed E-state index contributed by atoms with van der Waals surface area (Å²) in [5.41, 5.74) is 0.297. The number of pyridine rings is 1. The van der Waals surface area contributed by atoms with E-state index in [0.717, 1.165) is 6.20 Å². The Kier molecular flexibility index (Phi) is 3.05. The average molecular weight is 247 g/mol. The van der Waals surface area contributed by atoms with Crippen LogP contribution in [0.25, 0.3) is 5.69 Å². The molecule has 0 aliphatic heterocycles. The average Bonchev–Trinajstić information content (AvgIpc) is 2.86. The second kappa shape index (κ2) is 4.66. The van der Waals surface area contributed by atoms with Crippen LogP contribution >= 0.6 is 0 Å². The summed E-state index contributed by atoms with van der Waals surface area (Å²) in [6, 6.07) is 4.59. The van der Waals surface area contributed by atoms with Crippen molar-refractivity contribution in [1.82, 2.24) is 9.55 Å². The molecule has 0 amide bonds. The van der Waals surface area contributed by atoms with Gasteiger partial charge in [-0.2, -0.15) is 0 Å². The predicted molar refractivity (Wildman–Crippen MR) is 61.6 cm³/mol. The number of nitro groups is 1. The fourth-order valence-electron chi connectivity index (χ4n) is 1.59.